The maximum atomic E-state index is 3.25. The fourth-order valence-electron chi connectivity index (χ4n) is 0. The van der Waals surface area contributed by atoms with Crippen molar-refractivity contribution in [2.45, 2.75) is 27.7 Å². The Morgan fingerprint density at radius 3 is 0.444 bits per heavy atom. The Bertz CT molecular complexity index is 4.53. The molecule has 0 fully saturated rings. The Morgan fingerprint density at radius 1 is 0.444 bits per heavy atom. The molecular formula is C8H20Th. The summed E-state index contributed by atoms with van der Waals surface area (Å²) in [5.41, 5.74) is 0. The largest absolute Gasteiger partial charge is 4.00 e. The molecule has 0 N–H and O–H groups in total. The maximum Gasteiger partial charge on any atom is 4.00 e. The molecule has 0 rings (SSSR count). The Morgan fingerprint density at radius 2 is 0.444 bits per heavy atom. The van der Waals surface area contributed by atoms with E-state index in [0.29, 0.717) is 0 Å². The summed E-state index contributed by atoms with van der Waals surface area (Å²) in [5.74, 6) is 0. The summed E-state index contributed by atoms with van der Waals surface area (Å²) < 4.78 is 0. The molecule has 0 saturated heterocycles. The Hall–Kier alpha value is 1.32. The molecule has 9 heavy (non-hydrogen) atoms. The number of hydrogen-bond acceptors (Lipinski definition) is 0. The van der Waals surface area contributed by atoms with Gasteiger partial charge in [-0.1, -0.05) is 0 Å². The standard InChI is InChI=1S/4C2H5.Th/c4*1-2;/h4*1H2,2H3;/q4*-1;+4. The molecule has 0 bridgehead atoms. The van der Waals surface area contributed by atoms with Crippen LogP contribution in [0.3, 0.4) is 0 Å². The van der Waals surface area contributed by atoms with Gasteiger partial charge < -0.3 is 27.7 Å². The SMILES string of the molecule is [CH2-]C.[CH2-]C.[CH2-]C.[CH2-]C.[Th+4]. The van der Waals surface area contributed by atoms with Crippen LogP contribution in [0.15, 0.2) is 0 Å². The molecule has 0 nitrogen and oxygen atoms in total. The minimum Gasteiger partial charge on any atom is -0.346 e. The van der Waals surface area contributed by atoms with E-state index in [1.165, 1.54) is 0 Å². The summed E-state index contributed by atoms with van der Waals surface area (Å²) >= 11 is 0. The number of hydrogen-bond donors (Lipinski definition) is 0. The van der Waals surface area contributed by atoms with E-state index in [1.54, 1.807) is 27.7 Å². The van der Waals surface area contributed by atoms with Gasteiger partial charge in [0.25, 0.3) is 0 Å². The zero-order valence-corrected chi connectivity index (χ0v) is 11.4. The summed E-state index contributed by atoms with van der Waals surface area (Å²) in [6.07, 6.45) is 0. The minimum atomic E-state index is 0. The first-order valence-electron chi connectivity index (χ1n) is 2.83. The molecule has 56 valence electrons. The number of rotatable bonds is 0. The van der Waals surface area contributed by atoms with E-state index < -0.39 is 0 Å². The summed E-state index contributed by atoms with van der Waals surface area (Å²) in [7, 11) is 0. The molecule has 0 spiro atoms. The first-order chi connectivity index (χ1) is 4.00. The average molecular weight is 348 g/mol. The monoisotopic (exact) mass is 348 g/mol. The smallest absolute Gasteiger partial charge is 0.346 e. The third-order valence-corrected chi connectivity index (χ3v) is 0. The van der Waals surface area contributed by atoms with Crippen molar-refractivity contribution < 1.29 is 39.9 Å². The molecule has 0 aliphatic carbocycles. The van der Waals surface area contributed by atoms with Crippen molar-refractivity contribution in [2.75, 3.05) is 0 Å². The van der Waals surface area contributed by atoms with Crippen LogP contribution < -0.4 is 0 Å². The molecule has 0 radical (unpaired) electrons. The van der Waals surface area contributed by atoms with E-state index in [0.717, 1.165) is 0 Å². The average Bonchev–Trinajstić information content (AvgIpc) is 2.03. The van der Waals surface area contributed by atoms with Crippen molar-refractivity contribution in [1.29, 1.82) is 0 Å². The van der Waals surface area contributed by atoms with Gasteiger partial charge >= 0.3 is 39.9 Å². The van der Waals surface area contributed by atoms with Crippen molar-refractivity contribution in [1.82, 2.24) is 0 Å². The van der Waals surface area contributed by atoms with Crippen LogP contribution >= 0.6 is 0 Å². The fraction of sp³-hybridized carbons (Fsp3) is 0.500. The molecule has 0 amide bonds. The van der Waals surface area contributed by atoms with Crippen molar-refractivity contribution in [3.05, 3.63) is 27.7 Å². The van der Waals surface area contributed by atoms with Crippen LogP contribution in [0.2, 0.25) is 0 Å². The van der Waals surface area contributed by atoms with Gasteiger partial charge in [0.05, 0.1) is 0 Å². The van der Waals surface area contributed by atoms with E-state index in [2.05, 4.69) is 27.7 Å². The molecule has 0 aliphatic heterocycles. The zero-order chi connectivity index (χ0) is 8.00. The predicted molar refractivity (Wildman–Crippen MR) is 44.1 cm³/mol. The van der Waals surface area contributed by atoms with Crippen LogP contribution in [0.1, 0.15) is 27.7 Å². The van der Waals surface area contributed by atoms with Crippen molar-refractivity contribution >= 4 is 0 Å². The van der Waals surface area contributed by atoms with Gasteiger partial charge in [-0.15, -0.1) is 0 Å². The van der Waals surface area contributed by atoms with Gasteiger partial charge in [0.15, 0.2) is 0 Å². The van der Waals surface area contributed by atoms with Gasteiger partial charge in [-0.05, 0) is 0 Å². The summed E-state index contributed by atoms with van der Waals surface area (Å²) in [6.45, 7) is 20.0. The second-order valence-corrected chi connectivity index (χ2v) is 0. The molecule has 0 aromatic heterocycles. The van der Waals surface area contributed by atoms with Crippen LogP contribution in [0.4, 0.5) is 0 Å². The first-order valence-corrected chi connectivity index (χ1v) is 2.83. The van der Waals surface area contributed by atoms with E-state index in [9.17, 15) is 0 Å². The van der Waals surface area contributed by atoms with Crippen molar-refractivity contribution in [2.24, 2.45) is 0 Å². The van der Waals surface area contributed by atoms with E-state index in [1.807, 2.05) is 0 Å². The maximum absolute atomic E-state index is 3.25. The van der Waals surface area contributed by atoms with Gasteiger partial charge in [-0.3, -0.25) is 0 Å². The molecule has 0 aromatic rings. The Kier molecular flexibility index (Phi) is 1300. The van der Waals surface area contributed by atoms with Crippen LogP contribution in [-0.2, 0) is 0 Å². The van der Waals surface area contributed by atoms with Gasteiger partial charge in [0, 0.05) is 0 Å². The minimum absolute atomic E-state index is 0. The van der Waals surface area contributed by atoms with E-state index >= 15 is 0 Å². The second kappa shape index (κ2) is 368. The molecule has 0 aliphatic rings. The van der Waals surface area contributed by atoms with Gasteiger partial charge in [0.1, 0.15) is 0 Å². The Labute approximate surface area is 94.5 Å². The molecule has 1 heteroatoms. The molecule has 0 heterocycles. The van der Waals surface area contributed by atoms with Gasteiger partial charge in [-0.25, -0.2) is 0 Å². The van der Waals surface area contributed by atoms with E-state index in [4.69, 9.17) is 0 Å². The zero-order valence-electron chi connectivity index (χ0n) is 7.33. The predicted octanol–water partition coefficient (Wildman–Crippen LogP) is 3.36. The normalized spacial score (nSPS) is 2.67. The van der Waals surface area contributed by atoms with Gasteiger partial charge in [0.2, 0.25) is 0 Å². The molecule has 0 unspecified atom stereocenters. The Balaban J connectivity index is -0.00000000762. The van der Waals surface area contributed by atoms with E-state index in [-0.39, 0.29) is 39.9 Å². The van der Waals surface area contributed by atoms with Crippen molar-refractivity contribution in [3.63, 3.8) is 0 Å². The third kappa shape index (κ3) is 285. The van der Waals surface area contributed by atoms with Crippen molar-refractivity contribution in [3.8, 4) is 0 Å². The van der Waals surface area contributed by atoms with Crippen LogP contribution in [0, 0.1) is 67.6 Å². The topological polar surface area (TPSA) is 0 Å². The van der Waals surface area contributed by atoms with Crippen LogP contribution in [0.25, 0.3) is 0 Å². The molecular weight excluding hydrogens is 328 g/mol. The quantitative estimate of drug-likeness (QED) is 0.589. The fourth-order valence-corrected chi connectivity index (χ4v) is 0. The molecule has 0 aromatic carbocycles. The third-order valence-electron chi connectivity index (χ3n) is 0. The second-order valence-electron chi connectivity index (χ2n) is 0. The van der Waals surface area contributed by atoms with Crippen LogP contribution in [0.5, 0.6) is 0 Å². The summed E-state index contributed by atoms with van der Waals surface area (Å²) in [5, 5.41) is 0. The molecule has 0 saturated carbocycles. The van der Waals surface area contributed by atoms with Crippen LogP contribution in [-0.4, -0.2) is 0 Å². The van der Waals surface area contributed by atoms with Gasteiger partial charge in [-0.2, -0.15) is 27.7 Å². The molecule has 0 atom stereocenters. The first kappa shape index (κ1) is 31.7. The summed E-state index contributed by atoms with van der Waals surface area (Å²) in [6, 6.07) is 0. The summed E-state index contributed by atoms with van der Waals surface area (Å²) in [4.78, 5) is 0.